The lowest BCUT2D eigenvalue weighted by molar-refractivity contribution is 0.00556. The summed E-state index contributed by atoms with van der Waals surface area (Å²) in [4.78, 5) is 0. The molecule has 0 saturated heterocycles. The van der Waals surface area contributed by atoms with Gasteiger partial charge in [0.2, 0.25) is 0 Å². The standard InChI is InChI=1S/C11H22O/c1-11(2,12)10-8-6-4-3-5-7-9-10/h10,12H,3-9H2,1-2H3. The lowest BCUT2D eigenvalue weighted by Crippen LogP contribution is -2.31. The molecule has 0 spiro atoms. The monoisotopic (exact) mass is 170 g/mol. The van der Waals surface area contributed by atoms with Crippen molar-refractivity contribution in [1.82, 2.24) is 0 Å². The molecule has 1 N–H and O–H groups in total. The van der Waals surface area contributed by atoms with E-state index in [0.717, 1.165) is 0 Å². The summed E-state index contributed by atoms with van der Waals surface area (Å²) in [5.74, 6) is 0.540. The molecule has 0 unspecified atom stereocenters. The first-order valence-corrected chi connectivity index (χ1v) is 5.33. The molecule has 0 bridgehead atoms. The summed E-state index contributed by atoms with van der Waals surface area (Å²) >= 11 is 0. The number of aliphatic hydroxyl groups is 1. The molecule has 72 valence electrons. The highest BCUT2D eigenvalue weighted by molar-refractivity contribution is 4.78. The zero-order valence-electron chi connectivity index (χ0n) is 8.47. The predicted molar refractivity (Wildman–Crippen MR) is 52.1 cm³/mol. The van der Waals surface area contributed by atoms with E-state index in [2.05, 4.69) is 0 Å². The summed E-state index contributed by atoms with van der Waals surface area (Å²) in [6.07, 6.45) is 9.22. The molecule has 0 radical (unpaired) electrons. The Kier molecular flexibility index (Phi) is 3.57. The lowest BCUT2D eigenvalue weighted by Gasteiger charge is -2.30. The van der Waals surface area contributed by atoms with Crippen molar-refractivity contribution in [1.29, 1.82) is 0 Å². The second kappa shape index (κ2) is 4.27. The van der Waals surface area contributed by atoms with Gasteiger partial charge in [-0.15, -0.1) is 0 Å². The maximum absolute atomic E-state index is 9.86. The zero-order chi connectivity index (χ0) is 9.03. The maximum atomic E-state index is 9.86. The van der Waals surface area contributed by atoms with Gasteiger partial charge in [-0.2, -0.15) is 0 Å². The van der Waals surface area contributed by atoms with Gasteiger partial charge in [-0.1, -0.05) is 32.1 Å². The van der Waals surface area contributed by atoms with E-state index in [0.29, 0.717) is 5.92 Å². The summed E-state index contributed by atoms with van der Waals surface area (Å²) in [7, 11) is 0. The second-order valence-electron chi connectivity index (χ2n) is 4.70. The van der Waals surface area contributed by atoms with Gasteiger partial charge in [0.05, 0.1) is 5.60 Å². The van der Waals surface area contributed by atoms with Gasteiger partial charge in [-0.3, -0.25) is 0 Å². The van der Waals surface area contributed by atoms with E-state index in [9.17, 15) is 5.11 Å². The lowest BCUT2D eigenvalue weighted by atomic mass is 9.81. The van der Waals surface area contributed by atoms with Crippen molar-refractivity contribution < 1.29 is 5.11 Å². The van der Waals surface area contributed by atoms with Crippen LogP contribution in [-0.2, 0) is 0 Å². The van der Waals surface area contributed by atoms with Crippen LogP contribution in [0, 0.1) is 5.92 Å². The average molecular weight is 170 g/mol. The van der Waals surface area contributed by atoms with Gasteiger partial charge in [0.15, 0.2) is 0 Å². The fraction of sp³-hybridized carbons (Fsp3) is 1.00. The zero-order valence-corrected chi connectivity index (χ0v) is 8.47. The molecule has 0 aromatic rings. The van der Waals surface area contributed by atoms with Crippen molar-refractivity contribution in [3.05, 3.63) is 0 Å². The van der Waals surface area contributed by atoms with Crippen LogP contribution < -0.4 is 0 Å². The van der Waals surface area contributed by atoms with Crippen molar-refractivity contribution in [3.63, 3.8) is 0 Å². The molecular formula is C11H22O. The van der Waals surface area contributed by atoms with Gasteiger partial charge in [0, 0.05) is 0 Å². The molecule has 1 fully saturated rings. The molecule has 1 saturated carbocycles. The van der Waals surface area contributed by atoms with E-state index in [1.54, 1.807) is 0 Å². The molecule has 0 amide bonds. The van der Waals surface area contributed by atoms with Crippen LogP contribution in [0.4, 0.5) is 0 Å². The number of rotatable bonds is 1. The van der Waals surface area contributed by atoms with Gasteiger partial charge >= 0.3 is 0 Å². The molecule has 12 heavy (non-hydrogen) atoms. The topological polar surface area (TPSA) is 20.2 Å². The molecular weight excluding hydrogens is 148 g/mol. The summed E-state index contributed by atoms with van der Waals surface area (Å²) in [6.45, 7) is 3.92. The Labute approximate surface area is 76.2 Å². The third-order valence-electron chi connectivity index (χ3n) is 3.10. The van der Waals surface area contributed by atoms with Crippen LogP contribution in [0.1, 0.15) is 58.8 Å². The van der Waals surface area contributed by atoms with Crippen molar-refractivity contribution in [2.75, 3.05) is 0 Å². The molecule has 0 heterocycles. The van der Waals surface area contributed by atoms with Crippen LogP contribution in [0.25, 0.3) is 0 Å². The number of hydrogen-bond donors (Lipinski definition) is 1. The summed E-state index contributed by atoms with van der Waals surface area (Å²) in [5, 5.41) is 9.86. The summed E-state index contributed by atoms with van der Waals surface area (Å²) in [6, 6.07) is 0. The van der Waals surface area contributed by atoms with Crippen LogP contribution >= 0.6 is 0 Å². The minimum atomic E-state index is -0.447. The fourth-order valence-corrected chi connectivity index (χ4v) is 2.16. The highest BCUT2D eigenvalue weighted by Crippen LogP contribution is 2.30. The van der Waals surface area contributed by atoms with Gasteiger partial charge in [-0.25, -0.2) is 0 Å². The smallest absolute Gasteiger partial charge is 0.0619 e. The Morgan fingerprint density at radius 1 is 0.917 bits per heavy atom. The first kappa shape index (κ1) is 10.0. The second-order valence-corrected chi connectivity index (χ2v) is 4.70. The molecule has 0 aromatic carbocycles. The van der Waals surface area contributed by atoms with Crippen LogP contribution in [0.2, 0.25) is 0 Å². The molecule has 1 aliphatic rings. The third kappa shape index (κ3) is 3.14. The Morgan fingerprint density at radius 3 is 1.75 bits per heavy atom. The molecule has 1 aliphatic carbocycles. The Morgan fingerprint density at radius 2 is 1.33 bits per heavy atom. The molecule has 1 heteroatoms. The Bertz CT molecular complexity index is 115. The van der Waals surface area contributed by atoms with Crippen molar-refractivity contribution in [3.8, 4) is 0 Å². The van der Waals surface area contributed by atoms with Gasteiger partial charge in [0.25, 0.3) is 0 Å². The molecule has 0 atom stereocenters. The van der Waals surface area contributed by atoms with E-state index in [1.807, 2.05) is 13.8 Å². The third-order valence-corrected chi connectivity index (χ3v) is 3.10. The van der Waals surface area contributed by atoms with Crippen molar-refractivity contribution in [2.45, 2.75) is 64.4 Å². The molecule has 1 rings (SSSR count). The van der Waals surface area contributed by atoms with Crippen molar-refractivity contribution >= 4 is 0 Å². The summed E-state index contributed by atoms with van der Waals surface area (Å²) in [5.41, 5.74) is -0.447. The van der Waals surface area contributed by atoms with Gasteiger partial charge in [-0.05, 0) is 32.6 Å². The first-order valence-electron chi connectivity index (χ1n) is 5.33. The minimum absolute atomic E-state index is 0.447. The van der Waals surface area contributed by atoms with Gasteiger partial charge in [0.1, 0.15) is 0 Å². The predicted octanol–water partition coefficient (Wildman–Crippen LogP) is 3.12. The summed E-state index contributed by atoms with van der Waals surface area (Å²) < 4.78 is 0. The van der Waals surface area contributed by atoms with Gasteiger partial charge < -0.3 is 5.11 Å². The minimum Gasteiger partial charge on any atom is -0.390 e. The van der Waals surface area contributed by atoms with Crippen molar-refractivity contribution in [2.24, 2.45) is 5.92 Å². The number of hydrogen-bond acceptors (Lipinski definition) is 1. The quantitative estimate of drug-likeness (QED) is 0.641. The van der Waals surface area contributed by atoms with Crippen LogP contribution in [0.3, 0.4) is 0 Å². The van der Waals surface area contributed by atoms with E-state index in [-0.39, 0.29) is 0 Å². The van der Waals surface area contributed by atoms with E-state index < -0.39 is 5.60 Å². The molecule has 1 nitrogen and oxygen atoms in total. The van der Waals surface area contributed by atoms with E-state index >= 15 is 0 Å². The Hall–Kier alpha value is -0.0400. The normalized spacial score (nSPS) is 23.2. The molecule has 0 aliphatic heterocycles. The van der Waals surface area contributed by atoms with E-state index in [1.165, 1.54) is 44.9 Å². The largest absolute Gasteiger partial charge is 0.390 e. The SMILES string of the molecule is CC(C)(O)C1CCCCCCC1. The fourth-order valence-electron chi connectivity index (χ4n) is 2.16. The van der Waals surface area contributed by atoms with Crippen LogP contribution in [0.15, 0.2) is 0 Å². The van der Waals surface area contributed by atoms with Crippen LogP contribution in [0.5, 0.6) is 0 Å². The first-order chi connectivity index (χ1) is 5.61. The van der Waals surface area contributed by atoms with E-state index in [4.69, 9.17) is 0 Å². The average Bonchev–Trinajstić information content (AvgIpc) is 1.81. The highest BCUT2D eigenvalue weighted by atomic mass is 16.3. The maximum Gasteiger partial charge on any atom is 0.0619 e. The van der Waals surface area contributed by atoms with Crippen LogP contribution in [-0.4, -0.2) is 10.7 Å². The highest BCUT2D eigenvalue weighted by Gasteiger charge is 2.26. The Balaban J connectivity index is 2.40. The molecule has 0 aromatic heterocycles.